The summed E-state index contributed by atoms with van der Waals surface area (Å²) in [4.78, 5) is 0. The van der Waals surface area contributed by atoms with E-state index in [1.807, 2.05) is 13.8 Å². The third kappa shape index (κ3) is 5.33. The summed E-state index contributed by atoms with van der Waals surface area (Å²) in [6.07, 6.45) is 2.12. The van der Waals surface area contributed by atoms with Gasteiger partial charge in [-0.2, -0.15) is 0 Å². The molecule has 19 heavy (non-hydrogen) atoms. The molecule has 2 unspecified atom stereocenters. The van der Waals surface area contributed by atoms with Crippen molar-refractivity contribution in [3.05, 3.63) is 35.9 Å². The summed E-state index contributed by atoms with van der Waals surface area (Å²) in [5.41, 5.74) is 1.40. The Balaban J connectivity index is 2.63. The molecule has 2 nitrogen and oxygen atoms in total. The van der Waals surface area contributed by atoms with Crippen molar-refractivity contribution in [3.8, 4) is 0 Å². The molecular formula is C17H28O2. The van der Waals surface area contributed by atoms with Crippen molar-refractivity contribution in [3.63, 3.8) is 0 Å². The molecule has 2 heteroatoms. The lowest BCUT2D eigenvalue weighted by atomic mass is 9.88. The zero-order chi connectivity index (χ0) is 14.1. The van der Waals surface area contributed by atoms with Crippen molar-refractivity contribution >= 4 is 0 Å². The summed E-state index contributed by atoms with van der Waals surface area (Å²) in [6, 6.07) is 10.7. The molecular weight excluding hydrogens is 236 g/mol. The van der Waals surface area contributed by atoms with Crippen LogP contribution in [0.1, 0.15) is 52.0 Å². The molecule has 0 aliphatic carbocycles. The highest BCUT2D eigenvalue weighted by Gasteiger charge is 2.23. The average molecular weight is 264 g/mol. The zero-order valence-corrected chi connectivity index (χ0v) is 12.8. The van der Waals surface area contributed by atoms with Gasteiger partial charge in [0.15, 0.2) is 6.29 Å². The molecule has 0 aliphatic rings. The average Bonchev–Trinajstić information content (AvgIpc) is 2.45. The number of hydrogen-bond acceptors (Lipinski definition) is 2. The van der Waals surface area contributed by atoms with E-state index < -0.39 is 0 Å². The van der Waals surface area contributed by atoms with E-state index in [-0.39, 0.29) is 6.29 Å². The maximum absolute atomic E-state index is 5.75. The van der Waals surface area contributed by atoms with Crippen molar-refractivity contribution < 1.29 is 9.47 Å². The number of benzene rings is 1. The Labute approximate surface area is 118 Å². The number of hydrogen-bond donors (Lipinski definition) is 0. The van der Waals surface area contributed by atoms with Crippen molar-refractivity contribution in [1.82, 2.24) is 0 Å². The topological polar surface area (TPSA) is 18.5 Å². The highest BCUT2D eigenvalue weighted by molar-refractivity contribution is 5.18. The van der Waals surface area contributed by atoms with Crippen LogP contribution in [-0.2, 0) is 9.47 Å². The molecule has 0 bridgehead atoms. The first-order valence-electron chi connectivity index (χ1n) is 7.50. The van der Waals surface area contributed by atoms with Gasteiger partial charge in [-0.05, 0) is 38.2 Å². The molecule has 0 heterocycles. The van der Waals surface area contributed by atoms with Crippen LogP contribution in [0.3, 0.4) is 0 Å². The highest BCUT2D eigenvalue weighted by Crippen LogP contribution is 2.28. The minimum atomic E-state index is -0.0637. The number of ether oxygens (including phenoxy) is 2. The maximum Gasteiger partial charge on any atom is 0.160 e. The zero-order valence-electron chi connectivity index (χ0n) is 12.8. The van der Waals surface area contributed by atoms with Crippen LogP contribution in [0.4, 0.5) is 0 Å². The molecule has 2 atom stereocenters. The Kier molecular flexibility index (Phi) is 7.76. The van der Waals surface area contributed by atoms with Gasteiger partial charge in [-0.25, -0.2) is 0 Å². The molecule has 108 valence electrons. The summed E-state index contributed by atoms with van der Waals surface area (Å²) < 4.78 is 11.5. The quantitative estimate of drug-likeness (QED) is 0.607. The fourth-order valence-corrected chi connectivity index (χ4v) is 2.49. The van der Waals surface area contributed by atoms with Crippen LogP contribution < -0.4 is 0 Å². The first kappa shape index (κ1) is 16.2. The van der Waals surface area contributed by atoms with Gasteiger partial charge in [-0.15, -0.1) is 0 Å². The molecule has 0 aliphatic heterocycles. The first-order chi connectivity index (χ1) is 9.22. The lowest BCUT2D eigenvalue weighted by molar-refractivity contribution is -0.169. The fraction of sp³-hybridized carbons (Fsp3) is 0.647. The second-order valence-corrected chi connectivity index (χ2v) is 4.99. The summed E-state index contributed by atoms with van der Waals surface area (Å²) in [6.45, 7) is 9.97. The lowest BCUT2D eigenvalue weighted by Crippen LogP contribution is -2.28. The van der Waals surface area contributed by atoms with Crippen LogP contribution in [0.15, 0.2) is 30.3 Å². The van der Waals surface area contributed by atoms with Crippen LogP contribution in [-0.4, -0.2) is 19.5 Å². The molecule has 1 rings (SSSR count). The molecule has 0 amide bonds. The van der Waals surface area contributed by atoms with E-state index in [0.29, 0.717) is 25.0 Å². The minimum absolute atomic E-state index is 0.0637. The third-order valence-corrected chi connectivity index (χ3v) is 3.60. The molecule has 0 saturated carbocycles. The van der Waals surface area contributed by atoms with Gasteiger partial charge in [0.25, 0.3) is 0 Å². The van der Waals surface area contributed by atoms with E-state index in [9.17, 15) is 0 Å². The van der Waals surface area contributed by atoms with Crippen molar-refractivity contribution in [2.24, 2.45) is 5.92 Å². The van der Waals surface area contributed by atoms with Crippen LogP contribution in [0.2, 0.25) is 0 Å². The summed E-state index contributed by atoms with van der Waals surface area (Å²) in [7, 11) is 0. The minimum Gasteiger partial charge on any atom is -0.353 e. The molecule has 0 N–H and O–H groups in total. The Morgan fingerprint density at radius 3 is 2.00 bits per heavy atom. The van der Waals surface area contributed by atoms with Gasteiger partial charge in [0.2, 0.25) is 0 Å². The first-order valence-corrected chi connectivity index (χ1v) is 7.50. The van der Waals surface area contributed by atoms with Crippen molar-refractivity contribution in [2.45, 2.75) is 52.7 Å². The van der Waals surface area contributed by atoms with Crippen LogP contribution in [0.25, 0.3) is 0 Å². The van der Waals surface area contributed by atoms with E-state index >= 15 is 0 Å². The number of rotatable bonds is 9. The second kappa shape index (κ2) is 9.11. The van der Waals surface area contributed by atoms with Crippen molar-refractivity contribution in [2.75, 3.05) is 13.2 Å². The smallest absolute Gasteiger partial charge is 0.160 e. The van der Waals surface area contributed by atoms with E-state index in [1.54, 1.807) is 0 Å². The second-order valence-electron chi connectivity index (χ2n) is 4.99. The Bertz CT molecular complexity index is 317. The van der Waals surface area contributed by atoms with E-state index in [1.165, 1.54) is 5.56 Å². The predicted molar refractivity (Wildman–Crippen MR) is 80.3 cm³/mol. The van der Waals surface area contributed by atoms with E-state index in [4.69, 9.17) is 9.47 Å². The van der Waals surface area contributed by atoms with Crippen LogP contribution >= 0.6 is 0 Å². The summed E-state index contributed by atoms with van der Waals surface area (Å²) >= 11 is 0. The van der Waals surface area contributed by atoms with Gasteiger partial charge in [-0.1, -0.05) is 44.2 Å². The monoisotopic (exact) mass is 264 g/mol. The fourth-order valence-electron chi connectivity index (χ4n) is 2.49. The lowest BCUT2D eigenvalue weighted by Gasteiger charge is -2.28. The predicted octanol–water partition coefficient (Wildman–Crippen LogP) is 4.61. The molecule has 0 spiro atoms. The van der Waals surface area contributed by atoms with Crippen LogP contribution in [0.5, 0.6) is 0 Å². The van der Waals surface area contributed by atoms with Gasteiger partial charge < -0.3 is 9.47 Å². The largest absolute Gasteiger partial charge is 0.353 e. The standard InChI is InChI=1S/C17H28O2/c1-5-15(17(18-6-2)19-7-3)13-14(4)16-11-9-8-10-12-16/h8-12,14-15,17H,5-7,13H2,1-4H3. The molecule has 1 aromatic rings. The summed E-state index contributed by atoms with van der Waals surface area (Å²) in [5, 5.41) is 0. The SMILES string of the molecule is CCOC(OCC)C(CC)CC(C)c1ccccc1. The third-order valence-electron chi connectivity index (χ3n) is 3.60. The Morgan fingerprint density at radius 2 is 1.53 bits per heavy atom. The van der Waals surface area contributed by atoms with Gasteiger partial charge in [0, 0.05) is 19.1 Å². The molecule has 0 saturated heterocycles. The molecule has 0 fully saturated rings. The van der Waals surface area contributed by atoms with Crippen molar-refractivity contribution in [1.29, 1.82) is 0 Å². The molecule has 0 aromatic heterocycles. The Hall–Kier alpha value is -0.860. The normalized spacial score (nSPS) is 14.6. The molecule has 1 aromatic carbocycles. The van der Waals surface area contributed by atoms with E-state index in [0.717, 1.165) is 12.8 Å². The maximum atomic E-state index is 5.75. The van der Waals surface area contributed by atoms with Gasteiger partial charge in [0.05, 0.1) is 0 Å². The van der Waals surface area contributed by atoms with Gasteiger partial charge in [0.1, 0.15) is 0 Å². The van der Waals surface area contributed by atoms with Gasteiger partial charge in [-0.3, -0.25) is 0 Å². The molecule has 0 radical (unpaired) electrons. The van der Waals surface area contributed by atoms with Gasteiger partial charge >= 0.3 is 0 Å². The Morgan fingerprint density at radius 1 is 0.947 bits per heavy atom. The highest BCUT2D eigenvalue weighted by atomic mass is 16.7. The van der Waals surface area contributed by atoms with Crippen LogP contribution in [0, 0.1) is 5.92 Å². The van der Waals surface area contributed by atoms with E-state index in [2.05, 4.69) is 44.2 Å². The summed E-state index contributed by atoms with van der Waals surface area (Å²) in [5.74, 6) is 0.990.